The van der Waals surface area contributed by atoms with Gasteiger partial charge in [-0.05, 0) is 49.5 Å². The van der Waals surface area contributed by atoms with Crippen LogP contribution in [0.3, 0.4) is 0 Å². The molecule has 1 aromatic rings. The van der Waals surface area contributed by atoms with Crippen molar-refractivity contribution >= 4 is 0 Å². The van der Waals surface area contributed by atoms with Crippen molar-refractivity contribution in [1.29, 1.82) is 0 Å². The Hall–Kier alpha value is -0.900. The first-order valence-electron chi connectivity index (χ1n) is 7.52. The van der Waals surface area contributed by atoms with Crippen LogP contribution in [0.15, 0.2) is 10.9 Å². The minimum Gasteiger partial charge on any atom is -0.340 e. The zero-order valence-electron chi connectivity index (χ0n) is 12.5. The van der Waals surface area contributed by atoms with Gasteiger partial charge in [-0.3, -0.25) is 0 Å². The lowest BCUT2D eigenvalue weighted by Gasteiger charge is -2.37. The maximum atomic E-state index is 4.98. The van der Waals surface area contributed by atoms with E-state index in [4.69, 9.17) is 4.52 Å². The maximum Gasteiger partial charge on any atom is 0.227 e. The molecule has 0 unspecified atom stereocenters. The molecule has 1 saturated carbocycles. The SMILES string of the molecule is CC(C)(C)C1CCC(CNCCc2ncno2)CC1. The molecule has 4 nitrogen and oxygen atoms in total. The highest BCUT2D eigenvalue weighted by Crippen LogP contribution is 2.39. The first kappa shape index (κ1) is 14.5. The van der Waals surface area contributed by atoms with Crippen LogP contribution in [0.2, 0.25) is 0 Å². The van der Waals surface area contributed by atoms with E-state index in [1.165, 1.54) is 32.0 Å². The van der Waals surface area contributed by atoms with E-state index in [-0.39, 0.29) is 0 Å². The normalized spacial score (nSPS) is 24.6. The molecule has 0 saturated heterocycles. The molecule has 0 spiro atoms. The second-order valence-electron chi connectivity index (χ2n) is 6.87. The molecular weight excluding hydrogens is 238 g/mol. The van der Waals surface area contributed by atoms with Gasteiger partial charge in [-0.2, -0.15) is 4.98 Å². The van der Waals surface area contributed by atoms with Crippen molar-refractivity contribution in [2.75, 3.05) is 13.1 Å². The van der Waals surface area contributed by atoms with Crippen LogP contribution >= 0.6 is 0 Å². The second kappa shape index (κ2) is 6.51. The van der Waals surface area contributed by atoms with Crippen LogP contribution in [0.1, 0.15) is 52.3 Å². The number of hydrogen-bond donors (Lipinski definition) is 1. The van der Waals surface area contributed by atoms with Crippen molar-refractivity contribution in [3.05, 3.63) is 12.2 Å². The third-order valence-electron chi connectivity index (χ3n) is 4.43. The number of nitrogens with one attached hydrogen (secondary N) is 1. The fraction of sp³-hybridized carbons (Fsp3) is 0.867. The van der Waals surface area contributed by atoms with Gasteiger partial charge in [0.05, 0.1) is 0 Å². The van der Waals surface area contributed by atoms with Crippen LogP contribution in [0.4, 0.5) is 0 Å². The summed E-state index contributed by atoms with van der Waals surface area (Å²) in [6.07, 6.45) is 7.81. The Kier molecular flexibility index (Phi) is 4.97. The summed E-state index contributed by atoms with van der Waals surface area (Å²) in [4.78, 5) is 4.02. The van der Waals surface area contributed by atoms with Gasteiger partial charge in [0, 0.05) is 13.0 Å². The molecule has 2 rings (SSSR count). The van der Waals surface area contributed by atoms with Crippen molar-refractivity contribution < 1.29 is 4.52 Å². The molecule has 1 aliphatic rings. The molecule has 1 heterocycles. The lowest BCUT2D eigenvalue weighted by molar-refractivity contribution is 0.149. The fourth-order valence-electron chi connectivity index (χ4n) is 3.04. The summed E-state index contributed by atoms with van der Waals surface area (Å²) in [6.45, 7) is 9.19. The van der Waals surface area contributed by atoms with Crippen molar-refractivity contribution in [2.45, 2.75) is 52.9 Å². The third-order valence-corrected chi connectivity index (χ3v) is 4.43. The average Bonchev–Trinajstić information content (AvgIpc) is 2.87. The van der Waals surface area contributed by atoms with Crippen LogP contribution in [0.5, 0.6) is 0 Å². The minimum atomic E-state index is 0.482. The van der Waals surface area contributed by atoms with Crippen molar-refractivity contribution in [3.8, 4) is 0 Å². The predicted molar refractivity (Wildman–Crippen MR) is 75.8 cm³/mol. The van der Waals surface area contributed by atoms with Gasteiger partial charge >= 0.3 is 0 Å². The largest absolute Gasteiger partial charge is 0.340 e. The number of nitrogens with zero attached hydrogens (tertiary/aromatic N) is 2. The molecule has 4 heteroatoms. The Balaban J connectivity index is 1.58. The molecule has 108 valence electrons. The van der Waals surface area contributed by atoms with Gasteiger partial charge in [0.2, 0.25) is 5.89 Å². The summed E-state index contributed by atoms with van der Waals surface area (Å²) >= 11 is 0. The van der Waals surface area contributed by atoms with E-state index < -0.39 is 0 Å². The van der Waals surface area contributed by atoms with Gasteiger partial charge in [-0.25, -0.2) is 0 Å². The zero-order valence-corrected chi connectivity index (χ0v) is 12.5. The summed E-state index contributed by atoms with van der Waals surface area (Å²) in [6, 6.07) is 0. The van der Waals surface area contributed by atoms with Crippen molar-refractivity contribution in [2.24, 2.45) is 17.3 Å². The second-order valence-corrected chi connectivity index (χ2v) is 6.87. The van der Waals surface area contributed by atoms with Gasteiger partial charge in [0.25, 0.3) is 0 Å². The van der Waals surface area contributed by atoms with Gasteiger partial charge in [-0.1, -0.05) is 25.9 Å². The summed E-state index contributed by atoms with van der Waals surface area (Å²) in [5, 5.41) is 7.13. The number of rotatable bonds is 5. The standard InChI is InChI=1S/C15H27N3O/c1-15(2,3)13-6-4-12(5-7-13)10-16-9-8-14-17-11-18-19-14/h11-13,16H,4-10H2,1-3H3. The minimum absolute atomic E-state index is 0.482. The Bertz CT molecular complexity index is 348. The number of aromatic nitrogens is 2. The first-order valence-corrected chi connectivity index (χ1v) is 7.52. The van der Waals surface area contributed by atoms with E-state index >= 15 is 0 Å². The quantitative estimate of drug-likeness (QED) is 0.831. The van der Waals surface area contributed by atoms with Crippen LogP contribution in [-0.2, 0) is 6.42 Å². The smallest absolute Gasteiger partial charge is 0.227 e. The zero-order chi connectivity index (χ0) is 13.7. The fourth-order valence-corrected chi connectivity index (χ4v) is 3.04. The Morgan fingerprint density at radius 1 is 1.26 bits per heavy atom. The van der Waals surface area contributed by atoms with Crippen molar-refractivity contribution in [3.63, 3.8) is 0 Å². The topological polar surface area (TPSA) is 51.0 Å². The van der Waals surface area contributed by atoms with Crippen LogP contribution in [0, 0.1) is 17.3 Å². The molecular formula is C15H27N3O. The van der Waals surface area contributed by atoms with Gasteiger partial charge in [-0.15, -0.1) is 0 Å². The van der Waals surface area contributed by atoms with E-state index in [0.717, 1.165) is 37.2 Å². The average molecular weight is 265 g/mol. The van der Waals surface area contributed by atoms with Gasteiger partial charge in [0.1, 0.15) is 0 Å². The lowest BCUT2D eigenvalue weighted by atomic mass is 9.70. The van der Waals surface area contributed by atoms with E-state index in [9.17, 15) is 0 Å². The summed E-state index contributed by atoms with van der Waals surface area (Å²) in [5.41, 5.74) is 0.482. The van der Waals surface area contributed by atoms with Crippen LogP contribution in [0.25, 0.3) is 0 Å². The molecule has 1 fully saturated rings. The maximum absolute atomic E-state index is 4.98. The summed E-state index contributed by atoms with van der Waals surface area (Å²) < 4.78 is 4.98. The molecule has 0 atom stereocenters. The van der Waals surface area contributed by atoms with E-state index in [0.29, 0.717) is 5.41 Å². The molecule has 1 aliphatic carbocycles. The number of hydrogen-bond acceptors (Lipinski definition) is 4. The molecule has 19 heavy (non-hydrogen) atoms. The van der Waals surface area contributed by atoms with Gasteiger partial charge in [0.15, 0.2) is 6.33 Å². The predicted octanol–water partition coefficient (Wildman–Crippen LogP) is 3.05. The van der Waals surface area contributed by atoms with Crippen LogP contribution in [-0.4, -0.2) is 23.2 Å². The third kappa shape index (κ3) is 4.60. The Morgan fingerprint density at radius 2 is 2.00 bits per heavy atom. The van der Waals surface area contributed by atoms with Crippen molar-refractivity contribution in [1.82, 2.24) is 15.5 Å². The molecule has 0 amide bonds. The molecule has 0 aliphatic heterocycles. The summed E-state index contributed by atoms with van der Waals surface area (Å²) in [7, 11) is 0. The van der Waals surface area contributed by atoms with Gasteiger partial charge < -0.3 is 9.84 Å². The molecule has 0 radical (unpaired) electrons. The highest BCUT2D eigenvalue weighted by Gasteiger charge is 2.29. The van der Waals surface area contributed by atoms with Crippen LogP contribution < -0.4 is 5.32 Å². The molecule has 0 aromatic carbocycles. The Labute approximate surface area is 116 Å². The van der Waals surface area contributed by atoms with E-state index in [1.807, 2.05) is 0 Å². The summed E-state index contributed by atoms with van der Waals surface area (Å²) in [5.74, 6) is 2.48. The molecule has 0 bridgehead atoms. The highest BCUT2D eigenvalue weighted by atomic mass is 16.5. The molecule has 1 N–H and O–H groups in total. The van der Waals surface area contributed by atoms with E-state index in [2.05, 4.69) is 36.2 Å². The molecule has 1 aromatic heterocycles. The monoisotopic (exact) mass is 265 g/mol. The lowest BCUT2D eigenvalue weighted by Crippen LogP contribution is -2.31. The highest BCUT2D eigenvalue weighted by molar-refractivity contribution is 4.82. The first-order chi connectivity index (χ1) is 9.05. The Morgan fingerprint density at radius 3 is 2.58 bits per heavy atom. The van der Waals surface area contributed by atoms with E-state index in [1.54, 1.807) is 0 Å².